The Labute approximate surface area is 115 Å². The van der Waals surface area contributed by atoms with Crippen molar-refractivity contribution >= 4 is 5.91 Å². The fraction of sp³-hybridized carbons (Fsp3) is 0.533. The Kier molecular flexibility index (Phi) is 6.36. The molecule has 0 heterocycles. The molecule has 0 bridgehead atoms. The first-order valence-corrected chi connectivity index (χ1v) is 6.69. The second-order valence-corrected chi connectivity index (χ2v) is 4.68. The maximum Gasteiger partial charge on any atom is 0.219 e. The molecule has 0 aliphatic rings. The number of aryl methyl sites for hydroxylation is 1. The minimum atomic E-state index is 0.0525. The lowest BCUT2D eigenvalue weighted by atomic mass is 10.1. The molecule has 1 aromatic carbocycles. The molecule has 1 aromatic rings. The van der Waals surface area contributed by atoms with E-state index in [1.165, 1.54) is 5.56 Å². The van der Waals surface area contributed by atoms with Gasteiger partial charge in [0, 0.05) is 25.1 Å². The lowest BCUT2D eigenvalue weighted by Crippen LogP contribution is -2.18. The molecule has 4 heteroatoms. The fourth-order valence-corrected chi connectivity index (χ4v) is 1.82. The first kappa shape index (κ1) is 15.5. The lowest BCUT2D eigenvalue weighted by Gasteiger charge is -2.17. The van der Waals surface area contributed by atoms with Gasteiger partial charge in [0.15, 0.2) is 0 Å². The van der Waals surface area contributed by atoms with Crippen molar-refractivity contribution in [3.8, 4) is 5.75 Å². The highest BCUT2D eigenvalue weighted by atomic mass is 16.5. The number of benzene rings is 1. The molecular weight excluding hydrogens is 240 g/mol. The van der Waals surface area contributed by atoms with Crippen LogP contribution < -0.4 is 15.4 Å². The van der Waals surface area contributed by atoms with Gasteiger partial charge in [-0.25, -0.2) is 0 Å². The van der Waals surface area contributed by atoms with E-state index in [-0.39, 0.29) is 11.9 Å². The molecule has 106 valence electrons. The number of amides is 1. The van der Waals surface area contributed by atoms with Gasteiger partial charge < -0.3 is 15.4 Å². The maximum absolute atomic E-state index is 11.1. The molecule has 1 rings (SSSR count). The Morgan fingerprint density at radius 1 is 1.37 bits per heavy atom. The highest BCUT2D eigenvalue weighted by Crippen LogP contribution is 2.26. The van der Waals surface area contributed by atoms with Gasteiger partial charge in [0.1, 0.15) is 5.75 Å². The largest absolute Gasteiger partial charge is 0.493 e. The molecule has 0 saturated carbocycles. The normalized spacial score (nSPS) is 12.0. The van der Waals surface area contributed by atoms with Crippen molar-refractivity contribution in [1.29, 1.82) is 0 Å². The van der Waals surface area contributed by atoms with Crippen LogP contribution in [0.4, 0.5) is 0 Å². The van der Waals surface area contributed by atoms with Gasteiger partial charge >= 0.3 is 0 Å². The van der Waals surface area contributed by atoms with Crippen molar-refractivity contribution in [1.82, 2.24) is 10.6 Å². The van der Waals surface area contributed by atoms with Crippen LogP contribution in [0.15, 0.2) is 18.2 Å². The minimum absolute atomic E-state index is 0.0525. The van der Waals surface area contributed by atoms with Crippen molar-refractivity contribution in [2.45, 2.75) is 32.7 Å². The number of rotatable bonds is 7. The molecule has 0 radical (unpaired) electrons. The van der Waals surface area contributed by atoms with Crippen molar-refractivity contribution < 1.29 is 9.53 Å². The fourth-order valence-electron chi connectivity index (χ4n) is 1.82. The second kappa shape index (κ2) is 7.79. The Hall–Kier alpha value is -1.55. The predicted octanol–water partition coefficient (Wildman–Crippen LogP) is 2.18. The molecule has 1 amide bonds. The van der Waals surface area contributed by atoms with Gasteiger partial charge in [-0.2, -0.15) is 0 Å². The van der Waals surface area contributed by atoms with E-state index in [1.807, 2.05) is 20.0 Å². The molecule has 0 spiro atoms. The zero-order chi connectivity index (χ0) is 14.3. The van der Waals surface area contributed by atoms with E-state index >= 15 is 0 Å². The SMILES string of the molecule is CNC(=O)CCCOc1cc(C)ccc1C(C)NC. The second-order valence-electron chi connectivity index (χ2n) is 4.68. The summed E-state index contributed by atoms with van der Waals surface area (Å²) in [7, 11) is 3.58. The van der Waals surface area contributed by atoms with Crippen molar-refractivity contribution in [2.75, 3.05) is 20.7 Å². The summed E-state index contributed by atoms with van der Waals surface area (Å²) in [6, 6.07) is 6.46. The first-order valence-electron chi connectivity index (χ1n) is 6.69. The van der Waals surface area contributed by atoms with E-state index in [9.17, 15) is 4.79 Å². The van der Waals surface area contributed by atoms with Crippen molar-refractivity contribution in [2.24, 2.45) is 0 Å². The average Bonchev–Trinajstić information content (AvgIpc) is 2.42. The van der Waals surface area contributed by atoms with Crippen LogP contribution in [-0.4, -0.2) is 26.6 Å². The molecule has 1 atom stereocenters. The molecule has 2 N–H and O–H groups in total. The average molecular weight is 264 g/mol. The number of ether oxygens (including phenoxy) is 1. The van der Waals surface area contributed by atoms with Gasteiger partial charge in [0.05, 0.1) is 6.61 Å². The summed E-state index contributed by atoms with van der Waals surface area (Å²) in [5.41, 5.74) is 2.32. The maximum atomic E-state index is 11.1. The highest BCUT2D eigenvalue weighted by molar-refractivity contribution is 5.75. The molecular formula is C15H24N2O2. The van der Waals surface area contributed by atoms with Gasteiger partial charge in [-0.1, -0.05) is 12.1 Å². The number of hydrogen-bond donors (Lipinski definition) is 2. The van der Waals surface area contributed by atoms with E-state index in [0.29, 0.717) is 13.0 Å². The van der Waals surface area contributed by atoms with Gasteiger partial charge in [0.2, 0.25) is 5.91 Å². The standard InChI is InChI=1S/C15H24N2O2/c1-11-7-8-13(12(2)16-3)14(10-11)19-9-5-6-15(18)17-4/h7-8,10,12,16H,5-6,9H2,1-4H3,(H,17,18). The molecule has 0 aromatic heterocycles. The Balaban J connectivity index is 2.60. The first-order chi connectivity index (χ1) is 9.08. The Bertz CT molecular complexity index is 419. The molecule has 0 fully saturated rings. The smallest absolute Gasteiger partial charge is 0.219 e. The summed E-state index contributed by atoms with van der Waals surface area (Å²) >= 11 is 0. The minimum Gasteiger partial charge on any atom is -0.493 e. The van der Waals surface area contributed by atoms with Gasteiger partial charge in [-0.05, 0) is 38.9 Å². The third-order valence-electron chi connectivity index (χ3n) is 3.15. The monoisotopic (exact) mass is 264 g/mol. The predicted molar refractivity (Wildman–Crippen MR) is 77.4 cm³/mol. The molecule has 0 saturated heterocycles. The van der Waals surface area contributed by atoms with E-state index in [0.717, 1.165) is 17.7 Å². The van der Waals surface area contributed by atoms with Crippen molar-refractivity contribution in [3.05, 3.63) is 29.3 Å². The third kappa shape index (κ3) is 4.91. The van der Waals surface area contributed by atoms with Gasteiger partial charge in [0.25, 0.3) is 0 Å². The van der Waals surface area contributed by atoms with E-state index in [4.69, 9.17) is 4.74 Å². The van der Waals surface area contributed by atoms with E-state index in [2.05, 4.69) is 29.7 Å². The zero-order valence-electron chi connectivity index (χ0n) is 12.2. The number of nitrogens with one attached hydrogen (secondary N) is 2. The highest BCUT2D eigenvalue weighted by Gasteiger charge is 2.10. The summed E-state index contributed by atoms with van der Waals surface area (Å²) in [5.74, 6) is 0.954. The summed E-state index contributed by atoms with van der Waals surface area (Å²) in [4.78, 5) is 11.1. The van der Waals surface area contributed by atoms with Crippen LogP contribution in [-0.2, 0) is 4.79 Å². The van der Waals surface area contributed by atoms with Crippen LogP contribution in [0.3, 0.4) is 0 Å². The molecule has 4 nitrogen and oxygen atoms in total. The molecule has 1 unspecified atom stereocenters. The van der Waals surface area contributed by atoms with Crippen LogP contribution in [0.5, 0.6) is 5.75 Å². The van der Waals surface area contributed by atoms with Crippen LogP contribution in [0.2, 0.25) is 0 Å². The number of carbonyl (C=O) groups excluding carboxylic acids is 1. The Morgan fingerprint density at radius 3 is 2.74 bits per heavy atom. The topological polar surface area (TPSA) is 50.4 Å². The van der Waals surface area contributed by atoms with Crippen LogP contribution >= 0.6 is 0 Å². The van der Waals surface area contributed by atoms with Crippen LogP contribution in [0, 0.1) is 6.92 Å². The number of carbonyl (C=O) groups is 1. The summed E-state index contributed by atoms with van der Waals surface area (Å²) in [6.45, 7) is 4.70. The third-order valence-corrected chi connectivity index (χ3v) is 3.15. The Morgan fingerprint density at radius 2 is 2.11 bits per heavy atom. The van der Waals surface area contributed by atoms with E-state index < -0.39 is 0 Å². The van der Waals surface area contributed by atoms with E-state index in [1.54, 1.807) is 7.05 Å². The molecule has 0 aliphatic heterocycles. The number of hydrogen-bond acceptors (Lipinski definition) is 3. The summed E-state index contributed by atoms with van der Waals surface area (Å²) in [5, 5.41) is 5.82. The van der Waals surface area contributed by atoms with Crippen LogP contribution in [0.25, 0.3) is 0 Å². The quantitative estimate of drug-likeness (QED) is 0.742. The lowest BCUT2D eigenvalue weighted by molar-refractivity contribution is -0.120. The molecule has 0 aliphatic carbocycles. The zero-order valence-corrected chi connectivity index (χ0v) is 12.2. The van der Waals surface area contributed by atoms with Gasteiger partial charge in [-0.15, -0.1) is 0 Å². The molecule has 19 heavy (non-hydrogen) atoms. The summed E-state index contributed by atoms with van der Waals surface area (Å²) < 4.78 is 5.82. The summed E-state index contributed by atoms with van der Waals surface area (Å²) in [6.07, 6.45) is 1.22. The van der Waals surface area contributed by atoms with Crippen LogP contribution in [0.1, 0.15) is 36.9 Å². The van der Waals surface area contributed by atoms with Gasteiger partial charge in [-0.3, -0.25) is 4.79 Å². The van der Waals surface area contributed by atoms with Crippen molar-refractivity contribution in [3.63, 3.8) is 0 Å².